The molecule has 1 aliphatic rings. The zero-order chi connectivity index (χ0) is 15.6. The average molecular weight is 303 g/mol. The Balaban J connectivity index is 2.16. The van der Waals surface area contributed by atoms with Crippen LogP contribution in [-0.2, 0) is 17.5 Å². The van der Waals surface area contributed by atoms with E-state index in [9.17, 15) is 13.2 Å². The smallest absolute Gasteiger partial charge is 0.416 e. The van der Waals surface area contributed by atoms with Crippen molar-refractivity contribution in [3.8, 4) is 5.75 Å². The largest absolute Gasteiger partial charge is 0.490 e. The lowest BCUT2D eigenvalue weighted by Gasteiger charge is -2.32. The normalized spacial score (nSPS) is 26.7. The highest BCUT2D eigenvalue weighted by atomic mass is 19.4. The lowest BCUT2D eigenvalue weighted by molar-refractivity contribution is -0.137. The van der Waals surface area contributed by atoms with E-state index in [1.807, 2.05) is 13.8 Å². The number of benzene rings is 1. The van der Waals surface area contributed by atoms with Gasteiger partial charge in [0.2, 0.25) is 0 Å². The highest BCUT2D eigenvalue weighted by molar-refractivity contribution is 5.38. The summed E-state index contributed by atoms with van der Waals surface area (Å²) in [5, 5.41) is 0. The zero-order valence-corrected chi connectivity index (χ0v) is 12.1. The van der Waals surface area contributed by atoms with Crippen LogP contribution in [-0.4, -0.2) is 18.3 Å². The van der Waals surface area contributed by atoms with Crippen LogP contribution in [0.15, 0.2) is 18.2 Å². The molecule has 0 amide bonds. The van der Waals surface area contributed by atoms with Gasteiger partial charge < -0.3 is 15.2 Å². The van der Waals surface area contributed by atoms with Crippen molar-refractivity contribution in [3.63, 3.8) is 0 Å². The fourth-order valence-electron chi connectivity index (χ4n) is 2.65. The van der Waals surface area contributed by atoms with Crippen molar-refractivity contribution in [2.75, 3.05) is 0 Å². The molecule has 0 bridgehead atoms. The van der Waals surface area contributed by atoms with E-state index < -0.39 is 11.7 Å². The summed E-state index contributed by atoms with van der Waals surface area (Å²) in [6.07, 6.45) is -2.84. The first kappa shape index (κ1) is 16.1. The number of ether oxygens (including phenoxy) is 2. The minimum Gasteiger partial charge on any atom is -0.490 e. The molecule has 2 rings (SSSR count). The molecular weight excluding hydrogens is 283 g/mol. The molecule has 0 aliphatic carbocycles. The molecule has 2 unspecified atom stereocenters. The standard InChI is InChI=1S/C15H20F3NO2/c1-9-5-13(6-10(2)20-9)21-14-4-3-12(15(16,17)18)7-11(14)8-19/h3-4,7,9-10,13H,5-6,8,19H2,1-2H3. The van der Waals surface area contributed by atoms with Crippen molar-refractivity contribution < 1.29 is 22.6 Å². The van der Waals surface area contributed by atoms with Gasteiger partial charge in [-0.15, -0.1) is 0 Å². The molecule has 1 aliphatic heterocycles. The molecule has 1 saturated heterocycles. The molecular formula is C15H20F3NO2. The summed E-state index contributed by atoms with van der Waals surface area (Å²) in [6, 6.07) is 3.44. The van der Waals surface area contributed by atoms with Crippen LogP contribution in [0, 0.1) is 0 Å². The maximum absolute atomic E-state index is 12.7. The van der Waals surface area contributed by atoms with Crippen molar-refractivity contribution >= 4 is 0 Å². The molecule has 1 fully saturated rings. The maximum Gasteiger partial charge on any atom is 0.416 e. The monoisotopic (exact) mass is 303 g/mol. The van der Waals surface area contributed by atoms with E-state index in [4.69, 9.17) is 15.2 Å². The Labute approximate surface area is 122 Å². The first-order chi connectivity index (χ1) is 9.79. The van der Waals surface area contributed by atoms with E-state index in [1.54, 1.807) is 0 Å². The molecule has 0 radical (unpaired) electrons. The van der Waals surface area contributed by atoms with Crippen LogP contribution in [0.2, 0.25) is 0 Å². The molecule has 6 heteroatoms. The Kier molecular flexibility index (Phi) is 4.78. The second-order valence-corrected chi connectivity index (χ2v) is 5.49. The predicted molar refractivity (Wildman–Crippen MR) is 73.0 cm³/mol. The Bertz CT molecular complexity index is 480. The van der Waals surface area contributed by atoms with Crippen LogP contribution in [0.1, 0.15) is 37.8 Å². The first-order valence-corrected chi connectivity index (χ1v) is 7.02. The minimum absolute atomic E-state index is 0.00752. The Morgan fingerprint density at radius 1 is 1.24 bits per heavy atom. The molecule has 1 heterocycles. The summed E-state index contributed by atoms with van der Waals surface area (Å²) >= 11 is 0. The van der Waals surface area contributed by atoms with Gasteiger partial charge in [0, 0.05) is 24.9 Å². The third-order valence-corrected chi connectivity index (χ3v) is 3.56. The van der Waals surface area contributed by atoms with E-state index in [-0.39, 0.29) is 24.9 Å². The van der Waals surface area contributed by atoms with E-state index in [0.29, 0.717) is 11.3 Å². The zero-order valence-electron chi connectivity index (χ0n) is 12.1. The number of halogens is 3. The Morgan fingerprint density at radius 3 is 2.38 bits per heavy atom. The van der Waals surface area contributed by atoms with Crippen molar-refractivity contribution in [2.24, 2.45) is 5.73 Å². The molecule has 21 heavy (non-hydrogen) atoms. The summed E-state index contributed by atoms with van der Waals surface area (Å²) in [5.41, 5.74) is 5.22. The lowest BCUT2D eigenvalue weighted by atomic mass is 10.0. The number of nitrogens with two attached hydrogens (primary N) is 1. The second kappa shape index (κ2) is 6.23. The van der Waals surface area contributed by atoms with Crippen LogP contribution in [0.4, 0.5) is 13.2 Å². The molecule has 118 valence electrons. The van der Waals surface area contributed by atoms with Gasteiger partial charge >= 0.3 is 6.18 Å². The van der Waals surface area contributed by atoms with E-state index in [0.717, 1.165) is 25.0 Å². The summed E-state index contributed by atoms with van der Waals surface area (Å²) in [7, 11) is 0. The van der Waals surface area contributed by atoms with Gasteiger partial charge in [-0.2, -0.15) is 13.2 Å². The van der Waals surface area contributed by atoms with E-state index >= 15 is 0 Å². The minimum atomic E-state index is -4.37. The molecule has 0 aromatic heterocycles. The first-order valence-electron chi connectivity index (χ1n) is 7.02. The fourth-order valence-corrected chi connectivity index (χ4v) is 2.65. The average Bonchev–Trinajstić information content (AvgIpc) is 2.36. The van der Waals surface area contributed by atoms with Gasteiger partial charge in [-0.25, -0.2) is 0 Å². The summed E-state index contributed by atoms with van der Waals surface area (Å²) in [5.74, 6) is 0.428. The summed E-state index contributed by atoms with van der Waals surface area (Å²) in [4.78, 5) is 0. The third kappa shape index (κ3) is 4.11. The van der Waals surface area contributed by atoms with Crippen LogP contribution in [0.3, 0.4) is 0 Å². The summed E-state index contributed by atoms with van der Waals surface area (Å²) < 4.78 is 49.6. The topological polar surface area (TPSA) is 44.5 Å². The quantitative estimate of drug-likeness (QED) is 0.929. The maximum atomic E-state index is 12.7. The number of alkyl halides is 3. The van der Waals surface area contributed by atoms with Gasteiger partial charge in [0.1, 0.15) is 11.9 Å². The molecule has 0 saturated carbocycles. The van der Waals surface area contributed by atoms with Gasteiger partial charge in [0.05, 0.1) is 17.8 Å². The molecule has 2 N–H and O–H groups in total. The van der Waals surface area contributed by atoms with E-state index in [2.05, 4.69) is 0 Å². The predicted octanol–water partition coefficient (Wildman–Crippen LogP) is 3.50. The van der Waals surface area contributed by atoms with E-state index in [1.165, 1.54) is 6.07 Å². The van der Waals surface area contributed by atoms with Gasteiger partial charge in [-0.1, -0.05) is 0 Å². The second-order valence-electron chi connectivity index (χ2n) is 5.49. The van der Waals surface area contributed by atoms with Gasteiger partial charge in [-0.05, 0) is 32.0 Å². The fraction of sp³-hybridized carbons (Fsp3) is 0.600. The number of hydrogen-bond acceptors (Lipinski definition) is 3. The highest BCUT2D eigenvalue weighted by Gasteiger charge is 2.32. The highest BCUT2D eigenvalue weighted by Crippen LogP contribution is 2.33. The Morgan fingerprint density at radius 2 is 1.86 bits per heavy atom. The molecule has 1 aromatic rings. The Hall–Kier alpha value is -1.27. The van der Waals surface area contributed by atoms with Crippen LogP contribution < -0.4 is 10.5 Å². The van der Waals surface area contributed by atoms with Gasteiger partial charge in [-0.3, -0.25) is 0 Å². The van der Waals surface area contributed by atoms with Crippen molar-refractivity contribution in [1.29, 1.82) is 0 Å². The molecule has 2 atom stereocenters. The third-order valence-electron chi connectivity index (χ3n) is 3.56. The lowest BCUT2D eigenvalue weighted by Crippen LogP contribution is -2.36. The molecule has 1 aromatic carbocycles. The van der Waals surface area contributed by atoms with Gasteiger partial charge in [0.15, 0.2) is 0 Å². The number of rotatable bonds is 3. The molecule has 3 nitrogen and oxygen atoms in total. The van der Waals surface area contributed by atoms with Crippen molar-refractivity contribution in [1.82, 2.24) is 0 Å². The SMILES string of the molecule is CC1CC(Oc2ccc(C(F)(F)F)cc2CN)CC(C)O1. The number of hydrogen-bond donors (Lipinski definition) is 1. The van der Waals surface area contributed by atoms with Crippen LogP contribution in [0.25, 0.3) is 0 Å². The molecule has 0 spiro atoms. The summed E-state index contributed by atoms with van der Waals surface area (Å²) in [6.45, 7) is 3.93. The van der Waals surface area contributed by atoms with Crippen LogP contribution >= 0.6 is 0 Å². The van der Waals surface area contributed by atoms with Crippen molar-refractivity contribution in [2.45, 2.75) is 57.7 Å². The van der Waals surface area contributed by atoms with Crippen molar-refractivity contribution in [3.05, 3.63) is 29.3 Å². The van der Waals surface area contributed by atoms with Crippen LogP contribution in [0.5, 0.6) is 5.75 Å². The van der Waals surface area contributed by atoms with Gasteiger partial charge in [0.25, 0.3) is 0 Å².